The number of benzene rings is 1. The van der Waals surface area contributed by atoms with Gasteiger partial charge in [0, 0.05) is 36.3 Å². The minimum absolute atomic E-state index is 0.0600. The fourth-order valence-electron chi connectivity index (χ4n) is 3.33. The number of hydrogen-bond acceptors (Lipinski definition) is 5. The van der Waals surface area contributed by atoms with Gasteiger partial charge in [0.25, 0.3) is 5.89 Å². The third kappa shape index (κ3) is 2.96. The number of fused-ring (bicyclic) bond motifs is 2. The molecule has 1 aromatic carbocycles. The SMILES string of the molecule is O=C(N[C@@H]1C[C@H]2CC[C@@H]1N2)c1ncc(Oc2cc(F)cc(F)c2)o1. The van der Waals surface area contributed by atoms with Crippen LogP contribution >= 0.6 is 0 Å². The fourth-order valence-corrected chi connectivity index (χ4v) is 3.33. The minimum atomic E-state index is -0.772. The van der Waals surface area contributed by atoms with Crippen molar-refractivity contribution in [1.29, 1.82) is 0 Å². The summed E-state index contributed by atoms with van der Waals surface area (Å²) in [5, 5.41) is 6.31. The normalized spacial score (nSPS) is 25.0. The van der Waals surface area contributed by atoms with E-state index >= 15 is 0 Å². The molecule has 4 rings (SSSR count). The standard InChI is InChI=1S/C16H15F2N3O3/c17-8-3-9(18)5-11(4-8)23-14-7-19-16(24-14)15(22)21-13-6-10-1-2-12(13)20-10/h3-5,7,10,12-13,20H,1-2,6H2,(H,21,22)/t10-,12+,13-/m1/s1. The molecule has 2 aromatic rings. The molecule has 3 atom stereocenters. The van der Waals surface area contributed by atoms with Crippen molar-refractivity contribution < 1.29 is 22.7 Å². The van der Waals surface area contributed by atoms with E-state index in [1.807, 2.05) is 0 Å². The van der Waals surface area contributed by atoms with Crippen LogP contribution in [0.4, 0.5) is 8.78 Å². The molecular formula is C16H15F2N3O3. The average molecular weight is 335 g/mol. The van der Waals surface area contributed by atoms with Gasteiger partial charge in [-0.2, -0.15) is 0 Å². The predicted octanol–water partition coefficient (Wildman–Crippen LogP) is 2.37. The number of rotatable bonds is 4. The Morgan fingerprint density at radius 3 is 2.75 bits per heavy atom. The van der Waals surface area contributed by atoms with Crippen LogP contribution in [0.25, 0.3) is 0 Å². The number of nitrogens with one attached hydrogen (secondary N) is 2. The van der Waals surface area contributed by atoms with Gasteiger partial charge in [0.05, 0.1) is 0 Å². The van der Waals surface area contributed by atoms with Crippen LogP contribution in [0.3, 0.4) is 0 Å². The second kappa shape index (κ2) is 5.86. The lowest BCUT2D eigenvalue weighted by atomic mass is 9.95. The van der Waals surface area contributed by atoms with Crippen LogP contribution in [-0.2, 0) is 0 Å². The number of amides is 1. The first-order valence-electron chi connectivity index (χ1n) is 7.73. The lowest BCUT2D eigenvalue weighted by molar-refractivity contribution is 0.0890. The van der Waals surface area contributed by atoms with E-state index in [0.29, 0.717) is 12.1 Å². The van der Waals surface area contributed by atoms with E-state index in [0.717, 1.165) is 37.5 Å². The highest BCUT2D eigenvalue weighted by Gasteiger charge is 2.40. The highest BCUT2D eigenvalue weighted by atomic mass is 19.1. The second-order valence-corrected chi connectivity index (χ2v) is 6.05. The third-order valence-electron chi connectivity index (χ3n) is 4.35. The summed E-state index contributed by atoms with van der Waals surface area (Å²) >= 11 is 0. The van der Waals surface area contributed by atoms with Crippen LogP contribution in [0.15, 0.2) is 28.8 Å². The first kappa shape index (κ1) is 15.1. The zero-order valence-electron chi connectivity index (χ0n) is 12.6. The van der Waals surface area contributed by atoms with Crippen molar-refractivity contribution in [2.75, 3.05) is 0 Å². The maximum Gasteiger partial charge on any atom is 0.311 e. The average Bonchev–Trinajstić information content (AvgIpc) is 3.22. The number of oxazole rings is 1. The summed E-state index contributed by atoms with van der Waals surface area (Å²) in [5.74, 6) is -2.32. The fraction of sp³-hybridized carbons (Fsp3) is 0.375. The van der Waals surface area contributed by atoms with Gasteiger partial charge in [-0.3, -0.25) is 4.79 Å². The largest absolute Gasteiger partial charge is 0.425 e. The summed E-state index contributed by atoms with van der Waals surface area (Å²) in [5.41, 5.74) is 0. The van der Waals surface area contributed by atoms with E-state index in [1.165, 1.54) is 6.20 Å². The molecule has 2 fully saturated rings. The van der Waals surface area contributed by atoms with Crippen LogP contribution in [0.2, 0.25) is 0 Å². The number of hydrogen-bond donors (Lipinski definition) is 2. The van der Waals surface area contributed by atoms with Gasteiger partial charge in [-0.25, -0.2) is 13.8 Å². The summed E-state index contributed by atoms with van der Waals surface area (Å²) in [6.45, 7) is 0. The minimum Gasteiger partial charge on any atom is -0.425 e. The molecule has 1 aromatic heterocycles. The molecule has 2 saturated heterocycles. The van der Waals surface area contributed by atoms with Crippen molar-refractivity contribution in [3.63, 3.8) is 0 Å². The Morgan fingerprint density at radius 1 is 1.29 bits per heavy atom. The molecule has 2 N–H and O–H groups in total. The summed E-state index contributed by atoms with van der Waals surface area (Å²) in [7, 11) is 0. The Hall–Kier alpha value is -2.48. The number of carbonyl (C=O) groups excluding carboxylic acids is 1. The molecule has 126 valence electrons. The lowest BCUT2D eigenvalue weighted by Gasteiger charge is -2.20. The maximum atomic E-state index is 13.1. The first-order chi connectivity index (χ1) is 11.6. The Bertz CT molecular complexity index is 759. The third-order valence-corrected chi connectivity index (χ3v) is 4.35. The number of nitrogens with zero attached hydrogens (tertiary/aromatic N) is 1. The number of halogens is 2. The number of aromatic nitrogens is 1. The summed E-state index contributed by atoms with van der Waals surface area (Å²) < 4.78 is 36.7. The smallest absolute Gasteiger partial charge is 0.311 e. The molecular weight excluding hydrogens is 320 g/mol. The van der Waals surface area contributed by atoms with E-state index in [2.05, 4.69) is 15.6 Å². The molecule has 2 bridgehead atoms. The highest BCUT2D eigenvalue weighted by molar-refractivity contribution is 5.90. The van der Waals surface area contributed by atoms with Crippen LogP contribution in [0.5, 0.6) is 11.7 Å². The van der Waals surface area contributed by atoms with Crippen molar-refractivity contribution in [2.24, 2.45) is 0 Å². The van der Waals surface area contributed by atoms with E-state index in [1.54, 1.807) is 0 Å². The Morgan fingerprint density at radius 2 is 2.08 bits per heavy atom. The predicted molar refractivity (Wildman–Crippen MR) is 78.8 cm³/mol. The van der Waals surface area contributed by atoms with Crippen molar-refractivity contribution in [1.82, 2.24) is 15.6 Å². The van der Waals surface area contributed by atoms with E-state index in [4.69, 9.17) is 9.15 Å². The van der Waals surface area contributed by atoms with E-state index in [9.17, 15) is 13.6 Å². The first-order valence-corrected chi connectivity index (χ1v) is 7.73. The molecule has 24 heavy (non-hydrogen) atoms. The van der Waals surface area contributed by atoms with Gasteiger partial charge in [0.15, 0.2) is 0 Å². The molecule has 2 aliphatic heterocycles. The van der Waals surface area contributed by atoms with Crippen LogP contribution in [0, 0.1) is 11.6 Å². The van der Waals surface area contributed by atoms with Crippen molar-refractivity contribution >= 4 is 5.91 Å². The molecule has 0 radical (unpaired) electrons. The molecule has 1 amide bonds. The Balaban J connectivity index is 1.41. The number of ether oxygens (including phenoxy) is 1. The molecule has 3 heterocycles. The van der Waals surface area contributed by atoms with Gasteiger partial charge < -0.3 is 19.8 Å². The topological polar surface area (TPSA) is 76.4 Å². The summed E-state index contributed by atoms with van der Waals surface area (Å²) in [6.07, 6.45) is 4.26. The second-order valence-electron chi connectivity index (χ2n) is 6.05. The lowest BCUT2D eigenvalue weighted by Crippen LogP contribution is -2.43. The van der Waals surface area contributed by atoms with Gasteiger partial charge in [-0.15, -0.1) is 0 Å². The molecule has 2 aliphatic rings. The van der Waals surface area contributed by atoms with Gasteiger partial charge in [-0.05, 0) is 19.3 Å². The van der Waals surface area contributed by atoms with E-state index in [-0.39, 0.29) is 23.6 Å². The molecule has 8 heteroatoms. The van der Waals surface area contributed by atoms with Crippen molar-refractivity contribution in [3.8, 4) is 11.7 Å². The van der Waals surface area contributed by atoms with Crippen molar-refractivity contribution in [2.45, 2.75) is 37.4 Å². The highest BCUT2D eigenvalue weighted by Crippen LogP contribution is 2.29. The van der Waals surface area contributed by atoms with Crippen LogP contribution in [0.1, 0.15) is 29.9 Å². The molecule has 6 nitrogen and oxygen atoms in total. The number of carbonyl (C=O) groups is 1. The summed E-state index contributed by atoms with van der Waals surface area (Å²) in [4.78, 5) is 16.0. The van der Waals surface area contributed by atoms with Gasteiger partial charge in [0.2, 0.25) is 0 Å². The Labute approximate surface area is 136 Å². The van der Waals surface area contributed by atoms with E-state index < -0.39 is 17.5 Å². The Kier molecular flexibility index (Phi) is 3.68. The maximum absolute atomic E-state index is 13.1. The van der Waals surface area contributed by atoms with Crippen LogP contribution in [-0.4, -0.2) is 29.0 Å². The molecule has 0 saturated carbocycles. The monoisotopic (exact) mass is 335 g/mol. The summed E-state index contributed by atoms with van der Waals surface area (Å²) in [6, 6.07) is 3.56. The van der Waals surface area contributed by atoms with Crippen molar-refractivity contribution in [3.05, 3.63) is 41.9 Å². The van der Waals surface area contributed by atoms with Gasteiger partial charge >= 0.3 is 11.9 Å². The van der Waals surface area contributed by atoms with Crippen LogP contribution < -0.4 is 15.4 Å². The molecule has 0 unspecified atom stereocenters. The quantitative estimate of drug-likeness (QED) is 0.897. The molecule has 0 aliphatic carbocycles. The molecule has 0 spiro atoms. The zero-order valence-corrected chi connectivity index (χ0v) is 12.6. The van der Waals surface area contributed by atoms with Gasteiger partial charge in [-0.1, -0.05) is 0 Å². The van der Waals surface area contributed by atoms with Gasteiger partial charge in [0.1, 0.15) is 23.6 Å². The zero-order chi connectivity index (χ0) is 16.7.